The first kappa shape index (κ1) is 20.8. The van der Waals surface area contributed by atoms with E-state index in [1.807, 2.05) is 24.3 Å². The summed E-state index contributed by atoms with van der Waals surface area (Å²) in [6.07, 6.45) is 0.949. The van der Waals surface area contributed by atoms with Crippen LogP contribution in [0.4, 0.5) is 0 Å². The van der Waals surface area contributed by atoms with E-state index in [2.05, 4.69) is 17.2 Å². The fourth-order valence-electron chi connectivity index (χ4n) is 3.14. The van der Waals surface area contributed by atoms with Crippen molar-refractivity contribution in [2.45, 2.75) is 31.8 Å². The van der Waals surface area contributed by atoms with Gasteiger partial charge < -0.3 is 16.2 Å². The van der Waals surface area contributed by atoms with Gasteiger partial charge in [-0.3, -0.25) is 14.8 Å². The molecule has 0 saturated heterocycles. The number of fused-ring (bicyclic) bond motifs is 1. The zero-order valence-electron chi connectivity index (χ0n) is 16.4. The van der Waals surface area contributed by atoms with Crippen LogP contribution in [-0.4, -0.2) is 40.3 Å². The van der Waals surface area contributed by atoms with Gasteiger partial charge in [0, 0.05) is 29.2 Å². The van der Waals surface area contributed by atoms with E-state index in [1.54, 1.807) is 26.0 Å². The van der Waals surface area contributed by atoms with Crippen LogP contribution >= 0.6 is 0 Å². The number of rotatable bonds is 5. The van der Waals surface area contributed by atoms with Gasteiger partial charge in [-0.15, -0.1) is 0 Å². The van der Waals surface area contributed by atoms with Crippen molar-refractivity contribution in [2.24, 2.45) is 17.6 Å². The molecule has 29 heavy (non-hydrogen) atoms. The number of aliphatic hydroxyl groups is 1. The van der Waals surface area contributed by atoms with E-state index in [9.17, 15) is 9.59 Å². The highest BCUT2D eigenvalue weighted by molar-refractivity contribution is 6.01. The quantitative estimate of drug-likeness (QED) is 0.295. The molecular weight excluding hydrogens is 370 g/mol. The summed E-state index contributed by atoms with van der Waals surface area (Å²) in [5.41, 5.74) is 7.67. The number of carbonyl (C=O) groups excluding carboxylic acids is 2. The van der Waals surface area contributed by atoms with Crippen molar-refractivity contribution in [2.75, 3.05) is 6.61 Å². The molecule has 0 bridgehead atoms. The van der Waals surface area contributed by atoms with Gasteiger partial charge in [0.15, 0.2) is 0 Å². The van der Waals surface area contributed by atoms with E-state index < -0.39 is 23.4 Å². The molecule has 7 heteroatoms. The lowest BCUT2D eigenvalue weighted by Crippen LogP contribution is -2.61. The first-order valence-corrected chi connectivity index (χ1v) is 9.43. The molecule has 2 aromatic rings. The Bertz CT molecular complexity index is 1000. The summed E-state index contributed by atoms with van der Waals surface area (Å²) in [6, 6.07) is 9.83. The van der Waals surface area contributed by atoms with Crippen LogP contribution in [0.5, 0.6) is 0 Å². The molecule has 3 atom stereocenters. The molecule has 0 spiro atoms. The minimum absolute atomic E-state index is 0.185. The van der Waals surface area contributed by atoms with Gasteiger partial charge in [-0.25, -0.2) is 5.48 Å². The molecule has 0 radical (unpaired) electrons. The molecule has 1 aliphatic rings. The lowest BCUT2D eigenvalue weighted by atomic mass is 9.94. The van der Waals surface area contributed by atoms with Crippen molar-refractivity contribution in [3.8, 4) is 11.8 Å². The average molecular weight is 395 g/mol. The maximum Gasteiger partial charge on any atom is 0.267 e. The molecule has 2 amide bonds. The molecule has 3 rings (SSSR count). The van der Waals surface area contributed by atoms with Crippen LogP contribution in [0.25, 0.3) is 10.8 Å². The Morgan fingerprint density at radius 2 is 1.93 bits per heavy atom. The number of benzene rings is 2. The summed E-state index contributed by atoms with van der Waals surface area (Å²) < 4.78 is 0. The molecule has 1 fully saturated rings. The third kappa shape index (κ3) is 4.93. The zero-order valence-corrected chi connectivity index (χ0v) is 16.4. The normalized spacial score (nSPS) is 19.1. The SMILES string of the molecule is CC(C)(N)[C@H](NC(=O)c1ccc2cc(C#C[C@@H]3C[C@H]3CO)ccc2c1)C(=O)NO. The molecule has 1 aliphatic carbocycles. The number of hydroxylamine groups is 1. The fourth-order valence-corrected chi connectivity index (χ4v) is 3.14. The fraction of sp³-hybridized carbons (Fsp3) is 0.364. The molecule has 0 aliphatic heterocycles. The van der Waals surface area contributed by atoms with Gasteiger partial charge in [-0.1, -0.05) is 24.0 Å². The number of nitrogens with two attached hydrogens (primary N) is 1. The molecular formula is C22H25N3O4. The number of hydrogen-bond acceptors (Lipinski definition) is 5. The van der Waals surface area contributed by atoms with E-state index in [4.69, 9.17) is 16.0 Å². The van der Waals surface area contributed by atoms with Crippen molar-refractivity contribution >= 4 is 22.6 Å². The van der Waals surface area contributed by atoms with Crippen LogP contribution in [-0.2, 0) is 4.79 Å². The van der Waals surface area contributed by atoms with Gasteiger partial charge in [-0.2, -0.15) is 0 Å². The zero-order chi connectivity index (χ0) is 21.2. The number of carbonyl (C=O) groups is 2. The Labute approximate surface area is 169 Å². The Balaban J connectivity index is 1.77. The minimum Gasteiger partial charge on any atom is -0.396 e. The van der Waals surface area contributed by atoms with Gasteiger partial charge in [0.1, 0.15) is 6.04 Å². The lowest BCUT2D eigenvalue weighted by molar-refractivity contribution is -0.132. The predicted octanol–water partition coefficient (Wildman–Crippen LogP) is 1.16. The van der Waals surface area contributed by atoms with Crippen LogP contribution in [0, 0.1) is 23.7 Å². The van der Waals surface area contributed by atoms with Crippen molar-refractivity contribution in [3.05, 3.63) is 47.5 Å². The number of nitrogens with one attached hydrogen (secondary N) is 2. The van der Waals surface area contributed by atoms with Crippen LogP contribution in [0.15, 0.2) is 36.4 Å². The molecule has 2 aromatic carbocycles. The van der Waals surface area contributed by atoms with E-state index in [1.165, 1.54) is 5.48 Å². The second kappa shape index (κ2) is 8.21. The summed E-state index contributed by atoms with van der Waals surface area (Å²) in [6.45, 7) is 3.35. The highest BCUT2D eigenvalue weighted by Crippen LogP contribution is 2.37. The van der Waals surface area contributed by atoms with Crippen LogP contribution < -0.4 is 16.5 Å². The maximum absolute atomic E-state index is 12.6. The van der Waals surface area contributed by atoms with Gasteiger partial charge >= 0.3 is 0 Å². The van der Waals surface area contributed by atoms with E-state index in [-0.39, 0.29) is 12.5 Å². The van der Waals surface area contributed by atoms with Gasteiger partial charge in [-0.05, 0) is 61.2 Å². The van der Waals surface area contributed by atoms with E-state index in [0.29, 0.717) is 11.5 Å². The predicted molar refractivity (Wildman–Crippen MR) is 109 cm³/mol. The summed E-state index contributed by atoms with van der Waals surface area (Å²) in [7, 11) is 0. The van der Waals surface area contributed by atoms with Crippen LogP contribution in [0.2, 0.25) is 0 Å². The number of hydrogen-bond donors (Lipinski definition) is 5. The second-order valence-electron chi connectivity index (χ2n) is 8.03. The topological polar surface area (TPSA) is 125 Å². The highest BCUT2D eigenvalue weighted by Gasteiger charge is 2.35. The van der Waals surface area contributed by atoms with E-state index in [0.717, 1.165) is 22.8 Å². The van der Waals surface area contributed by atoms with Crippen molar-refractivity contribution in [1.29, 1.82) is 0 Å². The van der Waals surface area contributed by atoms with Gasteiger partial charge in [0.2, 0.25) is 0 Å². The molecule has 0 aromatic heterocycles. The third-order valence-electron chi connectivity index (χ3n) is 5.05. The Hall–Kier alpha value is -2.92. The van der Waals surface area contributed by atoms with Crippen molar-refractivity contribution in [3.63, 3.8) is 0 Å². The second-order valence-corrected chi connectivity index (χ2v) is 8.03. The van der Waals surface area contributed by atoms with Gasteiger partial charge in [0.25, 0.3) is 11.8 Å². The summed E-state index contributed by atoms with van der Waals surface area (Å²) >= 11 is 0. The smallest absolute Gasteiger partial charge is 0.267 e. The Morgan fingerprint density at radius 3 is 2.55 bits per heavy atom. The van der Waals surface area contributed by atoms with Crippen molar-refractivity contribution in [1.82, 2.24) is 10.8 Å². The summed E-state index contributed by atoms with van der Waals surface area (Å²) in [4.78, 5) is 24.5. The van der Waals surface area contributed by atoms with Crippen molar-refractivity contribution < 1.29 is 19.9 Å². The first-order valence-electron chi connectivity index (χ1n) is 9.43. The lowest BCUT2D eigenvalue weighted by Gasteiger charge is -2.29. The first-order chi connectivity index (χ1) is 13.7. The Kier molecular flexibility index (Phi) is 5.89. The monoisotopic (exact) mass is 395 g/mol. The number of amides is 2. The minimum atomic E-state index is -1.10. The highest BCUT2D eigenvalue weighted by atomic mass is 16.5. The maximum atomic E-state index is 12.6. The third-order valence-corrected chi connectivity index (χ3v) is 5.05. The molecule has 7 nitrogen and oxygen atoms in total. The largest absolute Gasteiger partial charge is 0.396 e. The van der Waals surface area contributed by atoms with Crippen LogP contribution in [0.3, 0.4) is 0 Å². The molecule has 0 unspecified atom stereocenters. The molecule has 6 N–H and O–H groups in total. The standard InChI is InChI=1S/C22H25N3O4/c1-22(2,23)19(21(28)25-29)24-20(27)17-8-7-14-9-13(3-5-15(14)10-17)4-6-16-11-18(16)12-26/h3,5,7-10,16,18-19,26,29H,11-12,23H2,1-2H3,(H,24,27)(H,25,28)/t16-,18+,19-/m1/s1. The average Bonchev–Trinajstić information content (AvgIpc) is 3.47. The molecule has 1 saturated carbocycles. The van der Waals surface area contributed by atoms with Gasteiger partial charge in [0.05, 0.1) is 0 Å². The summed E-state index contributed by atoms with van der Waals surface area (Å²) in [5.74, 6) is 5.65. The van der Waals surface area contributed by atoms with E-state index >= 15 is 0 Å². The Morgan fingerprint density at radius 1 is 1.24 bits per heavy atom. The van der Waals surface area contributed by atoms with Crippen LogP contribution in [0.1, 0.15) is 36.2 Å². The number of aliphatic hydroxyl groups excluding tert-OH is 1. The molecule has 0 heterocycles. The summed E-state index contributed by atoms with van der Waals surface area (Å²) in [5, 5.41) is 22.4. The molecule has 152 valence electrons.